The number of benzene rings is 1. The van der Waals surface area contributed by atoms with Gasteiger partial charge in [0, 0.05) is 0 Å². The number of aliphatic hydroxyl groups is 1. The third-order valence-corrected chi connectivity index (χ3v) is 3.87. The number of ether oxygens (including phenoxy) is 2. The zero-order valence-corrected chi connectivity index (χ0v) is 13.3. The molecule has 1 heterocycles. The van der Waals surface area contributed by atoms with Gasteiger partial charge >= 0.3 is 0 Å². The molecule has 1 aromatic carbocycles. The summed E-state index contributed by atoms with van der Waals surface area (Å²) in [6.45, 7) is 6.95. The fraction of sp³-hybridized carbons (Fsp3) is 0.467. The summed E-state index contributed by atoms with van der Waals surface area (Å²) in [6.07, 6.45) is 0.00736. The van der Waals surface area contributed by atoms with E-state index >= 15 is 0 Å². The van der Waals surface area contributed by atoms with Crippen LogP contribution in [0, 0.1) is 0 Å². The van der Waals surface area contributed by atoms with Crippen LogP contribution in [0.4, 0.5) is 0 Å². The molecule has 1 atom stereocenters. The Hall–Kier alpha value is -1.66. The standard InChI is InChI=1S/C15H20N2O3S/c1-4-11-15(21-17-16-11)14(18)10-7-8-12(19-5-2)13(9-10)20-6-3/h7-9,14,18H,4-6H2,1-3H3. The molecule has 114 valence electrons. The Balaban J connectivity index is 2.33. The molecule has 2 rings (SSSR count). The Morgan fingerprint density at radius 2 is 1.86 bits per heavy atom. The summed E-state index contributed by atoms with van der Waals surface area (Å²) < 4.78 is 15.0. The van der Waals surface area contributed by atoms with E-state index in [1.165, 1.54) is 11.5 Å². The lowest BCUT2D eigenvalue weighted by molar-refractivity contribution is 0.221. The Morgan fingerprint density at radius 1 is 1.14 bits per heavy atom. The van der Waals surface area contributed by atoms with Crippen LogP contribution in [0.1, 0.15) is 43.0 Å². The van der Waals surface area contributed by atoms with Gasteiger partial charge < -0.3 is 14.6 Å². The number of aryl methyl sites for hydroxylation is 1. The van der Waals surface area contributed by atoms with E-state index in [1.54, 1.807) is 0 Å². The molecule has 1 aromatic heterocycles. The lowest BCUT2D eigenvalue weighted by Crippen LogP contribution is -2.03. The van der Waals surface area contributed by atoms with E-state index in [-0.39, 0.29) is 0 Å². The van der Waals surface area contributed by atoms with E-state index in [0.29, 0.717) is 24.7 Å². The summed E-state index contributed by atoms with van der Waals surface area (Å²) in [4.78, 5) is 0.782. The highest BCUT2D eigenvalue weighted by Crippen LogP contribution is 2.34. The number of nitrogens with zero attached hydrogens (tertiary/aromatic N) is 2. The molecule has 0 bridgehead atoms. The van der Waals surface area contributed by atoms with Gasteiger partial charge in [-0.25, -0.2) is 0 Å². The largest absolute Gasteiger partial charge is 0.490 e. The highest BCUT2D eigenvalue weighted by Gasteiger charge is 2.19. The molecule has 5 nitrogen and oxygen atoms in total. The normalized spacial score (nSPS) is 12.2. The van der Waals surface area contributed by atoms with Gasteiger partial charge in [-0.15, -0.1) is 5.10 Å². The monoisotopic (exact) mass is 308 g/mol. The lowest BCUT2D eigenvalue weighted by atomic mass is 10.1. The minimum atomic E-state index is -0.741. The van der Waals surface area contributed by atoms with Gasteiger partial charge in [-0.1, -0.05) is 17.5 Å². The molecule has 0 aliphatic carbocycles. The van der Waals surface area contributed by atoms with E-state index in [0.717, 1.165) is 22.6 Å². The lowest BCUT2D eigenvalue weighted by Gasteiger charge is -2.15. The van der Waals surface area contributed by atoms with Crippen molar-refractivity contribution in [1.82, 2.24) is 9.59 Å². The topological polar surface area (TPSA) is 64.5 Å². The summed E-state index contributed by atoms with van der Waals surface area (Å²) in [5, 5.41) is 14.6. The number of aromatic nitrogens is 2. The van der Waals surface area contributed by atoms with E-state index in [2.05, 4.69) is 9.59 Å². The fourth-order valence-corrected chi connectivity index (χ4v) is 2.81. The smallest absolute Gasteiger partial charge is 0.161 e. The van der Waals surface area contributed by atoms with Crippen LogP contribution in [-0.4, -0.2) is 27.9 Å². The molecule has 0 radical (unpaired) electrons. The van der Waals surface area contributed by atoms with Gasteiger partial charge in [0.15, 0.2) is 11.5 Å². The van der Waals surface area contributed by atoms with E-state index in [1.807, 2.05) is 39.0 Å². The zero-order chi connectivity index (χ0) is 15.2. The molecule has 0 aliphatic rings. The van der Waals surface area contributed by atoms with Crippen LogP contribution in [0.25, 0.3) is 0 Å². The predicted molar refractivity (Wildman–Crippen MR) is 82.1 cm³/mol. The first-order chi connectivity index (χ1) is 10.2. The van der Waals surface area contributed by atoms with Crippen LogP contribution in [0.5, 0.6) is 11.5 Å². The summed E-state index contributed by atoms with van der Waals surface area (Å²) in [6, 6.07) is 5.49. The van der Waals surface area contributed by atoms with E-state index in [4.69, 9.17) is 9.47 Å². The summed E-state index contributed by atoms with van der Waals surface area (Å²) >= 11 is 1.23. The van der Waals surface area contributed by atoms with Crippen LogP contribution in [0.15, 0.2) is 18.2 Å². The van der Waals surface area contributed by atoms with Crippen molar-refractivity contribution in [2.45, 2.75) is 33.3 Å². The number of hydrogen-bond acceptors (Lipinski definition) is 6. The average molecular weight is 308 g/mol. The van der Waals surface area contributed by atoms with Crippen molar-refractivity contribution >= 4 is 11.5 Å². The summed E-state index contributed by atoms with van der Waals surface area (Å²) in [5.74, 6) is 1.33. The molecule has 21 heavy (non-hydrogen) atoms. The molecule has 0 saturated carbocycles. The van der Waals surface area contributed by atoms with Crippen LogP contribution in [0.2, 0.25) is 0 Å². The molecule has 2 aromatic rings. The second-order valence-electron chi connectivity index (χ2n) is 4.41. The van der Waals surface area contributed by atoms with Gasteiger partial charge in [-0.05, 0) is 49.5 Å². The maximum absolute atomic E-state index is 10.5. The Bertz CT molecular complexity index is 586. The van der Waals surface area contributed by atoms with Crippen molar-refractivity contribution in [1.29, 1.82) is 0 Å². The quantitative estimate of drug-likeness (QED) is 0.852. The minimum Gasteiger partial charge on any atom is -0.490 e. The maximum atomic E-state index is 10.5. The van der Waals surface area contributed by atoms with Gasteiger partial charge in [0.05, 0.1) is 23.8 Å². The van der Waals surface area contributed by atoms with Crippen molar-refractivity contribution in [2.75, 3.05) is 13.2 Å². The second kappa shape index (κ2) is 7.38. The predicted octanol–water partition coefficient (Wildman–Crippen LogP) is 2.98. The van der Waals surface area contributed by atoms with E-state index in [9.17, 15) is 5.11 Å². The third kappa shape index (κ3) is 3.51. The van der Waals surface area contributed by atoms with Crippen molar-refractivity contribution in [2.24, 2.45) is 0 Å². The van der Waals surface area contributed by atoms with Gasteiger partial charge in [0.2, 0.25) is 0 Å². The summed E-state index contributed by atoms with van der Waals surface area (Å²) in [7, 11) is 0. The fourth-order valence-electron chi connectivity index (χ4n) is 2.06. The van der Waals surface area contributed by atoms with E-state index < -0.39 is 6.10 Å². The maximum Gasteiger partial charge on any atom is 0.161 e. The Morgan fingerprint density at radius 3 is 2.52 bits per heavy atom. The van der Waals surface area contributed by atoms with Crippen LogP contribution >= 0.6 is 11.5 Å². The molecular weight excluding hydrogens is 288 g/mol. The van der Waals surface area contributed by atoms with Crippen LogP contribution in [0.3, 0.4) is 0 Å². The second-order valence-corrected chi connectivity index (χ2v) is 5.20. The molecule has 1 unspecified atom stereocenters. The zero-order valence-electron chi connectivity index (χ0n) is 12.5. The first-order valence-electron chi connectivity index (χ1n) is 7.09. The van der Waals surface area contributed by atoms with Crippen molar-refractivity contribution < 1.29 is 14.6 Å². The molecule has 6 heteroatoms. The average Bonchev–Trinajstić information content (AvgIpc) is 2.97. The molecule has 0 aliphatic heterocycles. The van der Waals surface area contributed by atoms with Crippen molar-refractivity contribution in [3.8, 4) is 11.5 Å². The molecule has 0 spiro atoms. The SMILES string of the molecule is CCOc1ccc(C(O)c2snnc2CC)cc1OCC. The first-order valence-corrected chi connectivity index (χ1v) is 7.87. The molecule has 1 N–H and O–H groups in total. The van der Waals surface area contributed by atoms with Crippen LogP contribution < -0.4 is 9.47 Å². The third-order valence-electron chi connectivity index (χ3n) is 3.05. The molecule has 0 amide bonds. The van der Waals surface area contributed by atoms with Gasteiger partial charge in [0.1, 0.15) is 6.10 Å². The molecular formula is C15H20N2O3S. The highest BCUT2D eigenvalue weighted by atomic mass is 32.1. The Labute approximate surface area is 128 Å². The first kappa shape index (κ1) is 15.7. The molecule has 0 fully saturated rings. The van der Waals surface area contributed by atoms with Crippen molar-refractivity contribution in [3.05, 3.63) is 34.3 Å². The van der Waals surface area contributed by atoms with Gasteiger partial charge in [-0.3, -0.25) is 0 Å². The van der Waals surface area contributed by atoms with Crippen molar-refractivity contribution in [3.63, 3.8) is 0 Å². The Kier molecular flexibility index (Phi) is 5.52. The minimum absolute atomic E-state index is 0.544. The van der Waals surface area contributed by atoms with Gasteiger partial charge in [-0.2, -0.15) is 0 Å². The number of rotatable bonds is 7. The number of aliphatic hydroxyl groups excluding tert-OH is 1. The molecule has 0 saturated heterocycles. The highest BCUT2D eigenvalue weighted by molar-refractivity contribution is 7.05. The summed E-state index contributed by atoms with van der Waals surface area (Å²) in [5.41, 5.74) is 1.59. The number of hydrogen-bond donors (Lipinski definition) is 1. The van der Waals surface area contributed by atoms with Gasteiger partial charge in [0.25, 0.3) is 0 Å². The van der Waals surface area contributed by atoms with Crippen LogP contribution in [-0.2, 0) is 6.42 Å².